The molecule has 110 valence electrons. The number of likely N-dealkylation sites (N-methyl/N-ethyl adjacent to an activating group) is 1. The van der Waals surface area contributed by atoms with E-state index < -0.39 is 23.9 Å². The van der Waals surface area contributed by atoms with Gasteiger partial charge in [0.25, 0.3) is 5.91 Å². The van der Waals surface area contributed by atoms with Crippen LogP contribution >= 0.6 is 0 Å². The summed E-state index contributed by atoms with van der Waals surface area (Å²) in [5.74, 6) is -0.111. The van der Waals surface area contributed by atoms with Gasteiger partial charge >= 0.3 is 6.18 Å². The molecule has 2 rings (SSSR count). The van der Waals surface area contributed by atoms with Crippen LogP contribution in [0.3, 0.4) is 0 Å². The minimum atomic E-state index is -4.35. The number of halogens is 3. The second-order valence-electron chi connectivity index (χ2n) is 4.61. The van der Waals surface area contributed by atoms with Gasteiger partial charge < -0.3 is 9.64 Å². The minimum Gasteiger partial charge on any atom is -0.354 e. The summed E-state index contributed by atoms with van der Waals surface area (Å²) in [5.41, 5.74) is -0.1000. The first-order valence-electron chi connectivity index (χ1n) is 6.49. The highest BCUT2D eigenvalue weighted by atomic mass is 19.4. The lowest BCUT2D eigenvalue weighted by Gasteiger charge is -2.17. The third kappa shape index (κ3) is 2.95. The van der Waals surface area contributed by atoms with E-state index in [0.29, 0.717) is 18.7 Å². The van der Waals surface area contributed by atoms with Gasteiger partial charge in [-0.2, -0.15) is 13.2 Å². The second kappa shape index (κ2) is 5.44. The molecule has 1 heterocycles. The summed E-state index contributed by atoms with van der Waals surface area (Å²) in [6.45, 7) is 4.93. The van der Waals surface area contributed by atoms with Crippen LogP contribution in [0.4, 0.5) is 13.2 Å². The molecular weight excluding hydrogens is 271 g/mol. The van der Waals surface area contributed by atoms with Crippen molar-refractivity contribution in [2.45, 2.75) is 32.2 Å². The summed E-state index contributed by atoms with van der Waals surface area (Å²) >= 11 is 0. The van der Waals surface area contributed by atoms with Gasteiger partial charge in [-0.25, -0.2) is 0 Å². The summed E-state index contributed by atoms with van der Waals surface area (Å²) in [6, 6.07) is 4.75. The fourth-order valence-corrected chi connectivity index (χ4v) is 2.13. The van der Waals surface area contributed by atoms with Crippen molar-refractivity contribution in [3.05, 3.63) is 35.4 Å². The van der Waals surface area contributed by atoms with Gasteiger partial charge in [-0.3, -0.25) is 4.79 Å². The summed E-state index contributed by atoms with van der Waals surface area (Å²) < 4.78 is 42.6. The molecule has 1 saturated heterocycles. The largest absolute Gasteiger partial charge is 0.416 e. The van der Waals surface area contributed by atoms with Crippen molar-refractivity contribution in [1.29, 1.82) is 0 Å². The summed E-state index contributed by atoms with van der Waals surface area (Å²) in [7, 11) is 0. The van der Waals surface area contributed by atoms with Gasteiger partial charge in [-0.15, -0.1) is 0 Å². The number of rotatable bonds is 4. The van der Waals surface area contributed by atoms with Gasteiger partial charge in [0.1, 0.15) is 6.10 Å². The lowest BCUT2D eigenvalue weighted by molar-refractivity contribution is -0.137. The number of benzene rings is 1. The Kier molecular flexibility index (Phi) is 4.04. The Morgan fingerprint density at radius 3 is 2.20 bits per heavy atom. The molecule has 1 aromatic rings. The molecule has 1 aliphatic heterocycles. The number of ether oxygens (including phenoxy) is 1. The van der Waals surface area contributed by atoms with Gasteiger partial charge in [-0.1, -0.05) is 12.1 Å². The van der Waals surface area contributed by atoms with E-state index in [-0.39, 0.29) is 5.91 Å². The number of hydrogen-bond acceptors (Lipinski definition) is 2. The van der Waals surface area contributed by atoms with Gasteiger partial charge in [0, 0.05) is 13.1 Å². The molecule has 1 amide bonds. The third-order valence-corrected chi connectivity index (χ3v) is 3.38. The molecule has 6 heteroatoms. The van der Waals surface area contributed by atoms with Crippen molar-refractivity contribution in [3.8, 4) is 0 Å². The first-order valence-corrected chi connectivity index (χ1v) is 6.49. The predicted molar refractivity (Wildman–Crippen MR) is 67.0 cm³/mol. The van der Waals surface area contributed by atoms with Crippen LogP contribution in [-0.2, 0) is 15.7 Å². The SMILES string of the molecule is CCN(CC)C(=O)[C@@H]1O[C@@H]1c1ccc(C(F)(F)F)cc1. The first kappa shape index (κ1) is 14.8. The highest BCUT2D eigenvalue weighted by Gasteiger charge is 2.47. The third-order valence-electron chi connectivity index (χ3n) is 3.38. The quantitative estimate of drug-likeness (QED) is 0.797. The number of alkyl halides is 3. The van der Waals surface area contributed by atoms with Crippen LogP contribution in [-0.4, -0.2) is 30.0 Å². The number of carbonyl (C=O) groups is 1. The molecule has 3 nitrogen and oxygen atoms in total. The Balaban J connectivity index is 2.03. The van der Waals surface area contributed by atoms with Crippen LogP contribution in [0.1, 0.15) is 31.1 Å². The van der Waals surface area contributed by atoms with E-state index in [9.17, 15) is 18.0 Å². The molecule has 0 radical (unpaired) electrons. The Morgan fingerprint density at radius 2 is 1.75 bits per heavy atom. The van der Waals surface area contributed by atoms with Crippen molar-refractivity contribution in [2.75, 3.05) is 13.1 Å². The van der Waals surface area contributed by atoms with Gasteiger partial charge in [-0.05, 0) is 31.5 Å². The number of amides is 1. The number of nitrogens with zero attached hydrogens (tertiary/aromatic N) is 1. The molecule has 0 saturated carbocycles. The smallest absolute Gasteiger partial charge is 0.354 e. The Hall–Kier alpha value is -1.56. The maximum Gasteiger partial charge on any atom is 0.416 e. The first-order chi connectivity index (χ1) is 9.38. The summed E-state index contributed by atoms with van der Waals surface area (Å²) in [4.78, 5) is 13.6. The molecule has 1 fully saturated rings. The highest BCUT2D eigenvalue weighted by molar-refractivity contribution is 5.84. The summed E-state index contributed by atoms with van der Waals surface area (Å²) in [6.07, 6.45) is -5.34. The fourth-order valence-electron chi connectivity index (χ4n) is 2.13. The molecule has 1 aromatic carbocycles. The lowest BCUT2D eigenvalue weighted by atomic mass is 10.1. The maximum absolute atomic E-state index is 12.4. The molecule has 0 unspecified atom stereocenters. The zero-order valence-electron chi connectivity index (χ0n) is 11.3. The molecular formula is C14H16F3NO2. The predicted octanol–water partition coefficient (Wildman–Crippen LogP) is 3.01. The topological polar surface area (TPSA) is 32.8 Å². The molecule has 0 bridgehead atoms. The van der Waals surface area contributed by atoms with Gasteiger partial charge in [0.05, 0.1) is 5.56 Å². The van der Waals surface area contributed by atoms with E-state index in [1.807, 2.05) is 13.8 Å². The van der Waals surface area contributed by atoms with Crippen molar-refractivity contribution >= 4 is 5.91 Å². The van der Waals surface area contributed by atoms with Crippen molar-refractivity contribution in [2.24, 2.45) is 0 Å². The van der Waals surface area contributed by atoms with E-state index in [4.69, 9.17) is 4.74 Å². The minimum absolute atomic E-state index is 0.111. The van der Waals surface area contributed by atoms with Gasteiger partial charge in [0.2, 0.25) is 0 Å². The molecule has 0 aromatic heterocycles. The van der Waals surface area contributed by atoms with Crippen molar-refractivity contribution in [3.63, 3.8) is 0 Å². The number of hydrogen-bond donors (Lipinski definition) is 0. The van der Waals surface area contributed by atoms with Crippen LogP contribution < -0.4 is 0 Å². The summed E-state index contributed by atoms with van der Waals surface area (Å²) in [5, 5.41) is 0. The zero-order chi connectivity index (χ0) is 14.9. The second-order valence-corrected chi connectivity index (χ2v) is 4.61. The van der Waals surface area contributed by atoms with Crippen LogP contribution in [0.5, 0.6) is 0 Å². The van der Waals surface area contributed by atoms with Crippen LogP contribution in [0.15, 0.2) is 24.3 Å². The number of carbonyl (C=O) groups excluding carboxylic acids is 1. The van der Waals surface area contributed by atoms with Crippen LogP contribution in [0.2, 0.25) is 0 Å². The average molecular weight is 287 g/mol. The monoisotopic (exact) mass is 287 g/mol. The average Bonchev–Trinajstić information content (AvgIpc) is 3.19. The van der Waals surface area contributed by atoms with E-state index in [1.165, 1.54) is 12.1 Å². The molecule has 0 aliphatic carbocycles. The lowest BCUT2D eigenvalue weighted by Crippen LogP contribution is -2.34. The van der Waals surface area contributed by atoms with E-state index >= 15 is 0 Å². The standard InChI is InChI=1S/C14H16F3NO2/c1-3-18(4-2)13(19)12-11(20-12)9-5-7-10(8-6-9)14(15,16)17/h5-8,11-12H,3-4H2,1-2H3/t11-,12-/m1/s1. The fraction of sp³-hybridized carbons (Fsp3) is 0.500. The van der Waals surface area contributed by atoms with E-state index in [1.54, 1.807) is 4.90 Å². The Bertz CT molecular complexity index is 480. The van der Waals surface area contributed by atoms with Crippen molar-refractivity contribution in [1.82, 2.24) is 4.90 Å². The Morgan fingerprint density at radius 1 is 1.20 bits per heavy atom. The van der Waals surface area contributed by atoms with Crippen LogP contribution in [0, 0.1) is 0 Å². The number of epoxide rings is 1. The molecule has 1 aliphatic rings. The van der Waals surface area contributed by atoms with Crippen LogP contribution in [0.25, 0.3) is 0 Å². The van der Waals surface area contributed by atoms with E-state index in [0.717, 1.165) is 12.1 Å². The van der Waals surface area contributed by atoms with Crippen molar-refractivity contribution < 1.29 is 22.7 Å². The normalized spacial score (nSPS) is 21.6. The molecule has 20 heavy (non-hydrogen) atoms. The zero-order valence-corrected chi connectivity index (χ0v) is 11.3. The van der Waals surface area contributed by atoms with Gasteiger partial charge in [0.15, 0.2) is 6.10 Å². The maximum atomic E-state index is 12.4. The molecule has 2 atom stereocenters. The molecule has 0 N–H and O–H groups in total. The highest BCUT2D eigenvalue weighted by Crippen LogP contribution is 2.40. The molecule has 0 spiro atoms. The Labute approximate surface area is 115 Å². The van der Waals surface area contributed by atoms with E-state index in [2.05, 4.69) is 0 Å².